The summed E-state index contributed by atoms with van der Waals surface area (Å²) in [7, 11) is -3.86. The quantitative estimate of drug-likeness (QED) is 0.764. The van der Waals surface area contributed by atoms with E-state index in [4.69, 9.17) is 5.73 Å². The van der Waals surface area contributed by atoms with Gasteiger partial charge < -0.3 is 10.7 Å². The third kappa shape index (κ3) is 2.07. The predicted molar refractivity (Wildman–Crippen MR) is 76.5 cm³/mol. The smallest absolute Gasteiger partial charge is 0.266 e. The number of carbonyl (C=O) groups is 1. The molecule has 0 aliphatic heterocycles. The van der Waals surface area contributed by atoms with Crippen molar-refractivity contribution in [2.24, 2.45) is 5.73 Å². The van der Waals surface area contributed by atoms with Crippen LogP contribution >= 0.6 is 0 Å². The molecule has 0 fully saturated rings. The fourth-order valence-corrected chi connectivity index (χ4v) is 3.83. The second-order valence-electron chi connectivity index (χ2n) is 4.43. The van der Waals surface area contributed by atoms with Gasteiger partial charge in [-0.25, -0.2) is 8.42 Å². The first-order chi connectivity index (χ1) is 10.0. The molecule has 6 nitrogen and oxygen atoms in total. The summed E-state index contributed by atoms with van der Waals surface area (Å²) < 4.78 is 25.6. The van der Waals surface area contributed by atoms with Gasteiger partial charge in [-0.1, -0.05) is 18.2 Å². The van der Waals surface area contributed by atoms with E-state index in [-0.39, 0.29) is 15.5 Å². The first-order valence-electron chi connectivity index (χ1n) is 6.07. The molecule has 0 spiro atoms. The molecule has 0 aliphatic rings. The lowest BCUT2D eigenvalue weighted by Gasteiger charge is -2.05. The number of hydrogen-bond donors (Lipinski definition) is 2. The lowest BCUT2D eigenvalue weighted by atomic mass is 10.3. The van der Waals surface area contributed by atoms with Crippen LogP contribution in [0.2, 0.25) is 0 Å². The fourth-order valence-electron chi connectivity index (χ4n) is 2.19. The van der Waals surface area contributed by atoms with Crippen LogP contribution in [0.3, 0.4) is 0 Å². The first-order valence-corrected chi connectivity index (χ1v) is 7.56. The third-order valence-corrected chi connectivity index (χ3v) is 4.98. The number of nitrogens with two attached hydrogens (primary N) is 1. The summed E-state index contributed by atoms with van der Waals surface area (Å²) in [5.74, 6) is -0.833. The van der Waals surface area contributed by atoms with Crippen molar-refractivity contribution in [1.29, 1.82) is 0 Å². The predicted octanol–water partition coefficient (Wildman–Crippen LogP) is 1.49. The van der Waals surface area contributed by atoms with Crippen molar-refractivity contribution < 1.29 is 13.2 Å². The van der Waals surface area contributed by atoms with Crippen LogP contribution in [-0.4, -0.2) is 24.3 Å². The highest BCUT2D eigenvalue weighted by Gasteiger charge is 2.28. The molecule has 106 valence electrons. The molecule has 0 bridgehead atoms. The van der Waals surface area contributed by atoms with E-state index in [1.165, 1.54) is 30.6 Å². The molecule has 2 aromatic heterocycles. The van der Waals surface area contributed by atoms with E-state index in [9.17, 15) is 13.2 Å². The van der Waals surface area contributed by atoms with Gasteiger partial charge in [0.25, 0.3) is 5.91 Å². The van der Waals surface area contributed by atoms with Gasteiger partial charge >= 0.3 is 0 Å². The minimum Gasteiger partial charge on any atom is -0.364 e. The number of nitrogens with zero attached hydrogens (tertiary/aromatic N) is 1. The number of aromatic nitrogens is 2. The average molecular weight is 301 g/mol. The Morgan fingerprint density at radius 1 is 1.14 bits per heavy atom. The molecule has 0 saturated carbocycles. The van der Waals surface area contributed by atoms with Crippen molar-refractivity contribution in [1.82, 2.24) is 9.97 Å². The topological polar surface area (TPSA) is 106 Å². The van der Waals surface area contributed by atoms with Crippen molar-refractivity contribution >= 4 is 26.6 Å². The molecular formula is C14H11N3O3S. The number of carbonyl (C=O) groups excluding carboxylic acids is 1. The Morgan fingerprint density at radius 3 is 2.52 bits per heavy atom. The van der Waals surface area contributed by atoms with Gasteiger partial charge in [0.2, 0.25) is 9.84 Å². The lowest BCUT2D eigenvalue weighted by molar-refractivity contribution is 0.0993. The molecule has 3 aromatic rings. The number of hydrogen-bond acceptors (Lipinski definition) is 4. The maximum absolute atomic E-state index is 12.8. The minimum atomic E-state index is -3.86. The van der Waals surface area contributed by atoms with Crippen LogP contribution in [0.4, 0.5) is 0 Å². The third-order valence-electron chi connectivity index (χ3n) is 3.12. The SMILES string of the molecule is NC(=O)c1[nH]c2cnccc2c1S(=O)(=O)c1ccccc1. The Bertz CT molecular complexity index is 931. The highest BCUT2D eigenvalue weighted by atomic mass is 32.2. The van der Waals surface area contributed by atoms with Crippen LogP contribution in [-0.2, 0) is 9.84 Å². The maximum atomic E-state index is 12.8. The number of fused-ring (bicyclic) bond motifs is 1. The van der Waals surface area contributed by atoms with Gasteiger partial charge in [-0.2, -0.15) is 0 Å². The normalized spacial score (nSPS) is 11.6. The molecule has 1 amide bonds. The number of H-pyrrole nitrogens is 1. The highest BCUT2D eigenvalue weighted by Crippen LogP contribution is 2.31. The van der Waals surface area contributed by atoms with Crippen molar-refractivity contribution in [3.63, 3.8) is 0 Å². The van der Waals surface area contributed by atoms with Gasteiger partial charge in [-0.15, -0.1) is 0 Å². The molecule has 0 radical (unpaired) electrons. The molecule has 2 heterocycles. The Kier molecular flexibility index (Phi) is 2.99. The van der Waals surface area contributed by atoms with E-state index in [2.05, 4.69) is 9.97 Å². The summed E-state index contributed by atoms with van der Waals surface area (Å²) in [4.78, 5) is 18.2. The number of nitrogens with one attached hydrogen (secondary N) is 1. The van der Waals surface area contributed by atoms with E-state index in [0.29, 0.717) is 10.9 Å². The van der Waals surface area contributed by atoms with E-state index >= 15 is 0 Å². The summed E-state index contributed by atoms with van der Waals surface area (Å²) in [6, 6.07) is 9.43. The number of primary amides is 1. The van der Waals surface area contributed by atoms with Crippen molar-refractivity contribution in [3.05, 3.63) is 54.5 Å². The van der Waals surface area contributed by atoms with Crippen LogP contribution in [0.5, 0.6) is 0 Å². The Morgan fingerprint density at radius 2 is 1.86 bits per heavy atom. The molecule has 21 heavy (non-hydrogen) atoms. The summed E-state index contributed by atoms with van der Waals surface area (Å²) in [6.45, 7) is 0. The number of benzene rings is 1. The number of rotatable bonds is 3. The average Bonchev–Trinajstić information content (AvgIpc) is 2.88. The van der Waals surface area contributed by atoms with Gasteiger partial charge in [0.05, 0.1) is 16.6 Å². The Hall–Kier alpha value is -2.67. The van der Waals surface area contributed by atoms with Gasteiger partial charge in [0.15, 0.2) is 0 Å². The van der Waals surface area contributed by atoms with Crippen LogP contribution in [0.15, 0.2) is 58.6 Å². The van der Waals surface area contributed by atoms with Crippen LogP contribution in [0, 0.1) is 0 Å². The molecule has 7 heteroatoms. The molecule has 0 atom stereocenters. The van der Waals surface area contributed by atoms with Gasteiger partial charge in [-0.05, 0) is 18.2 Å². The van der Waals surface area contributed by atoms with E-state index < -0.39 is 15.7 Å². The minimum absolute atomic E-state index is 0.102. The van der Waals surface area contributed by atoms with Crippen LogP contribution in [0.25, 0.3) is 10.9 Å². The Labute approximate surface area is 120 Å². The standard InChI is InChI=1S/C14H11N3O3S/c15-14(18)12-13(10-6-7-16-8-11(10)17-12)21(19,20)9-4-2-1-3-5-9/h1-8,17H,(H2,15,18). The maximum Gasteiger partial charge on any atom is 0.266 e. The van der Waals surface area contributed by atoms with Crippen LogP contribution < -0.4 is 5.73 Å². The zero-order chi connectivity index (χ0) is 15.0. The van der Waals surface area contributed by atoms with E-state index in [1.54, 1.807) is 18.2 Å². The van der Waals surface area contributed by atoms with Crippen molar-refractivity contribution in [2.45, 2.75) is 9.79 Å². The number of amides is 1. The molecule has 0 saturated heterocycles. The largest absolute Gasteiger partial charge is 0.364 e. The van der Waals surface area contributed by atoms with Gasteiger partial charge in [-0.3, -0.25) is 9.78 Å². The summed E-state index contributed by atoms with van der Waals surface area (Å²) in [5, 5.41) is 0.391. The summed E-state index contributed by atoms with van der Waals surface area (Å²) in [6.07, 6.45) is 2.91. The van der Waals surface area contributed by atoms with Crippen molar-refractivity contribution in [3.8, 4) is 0 Å². The fraction of sp³-hybridized carbons (Fsp3) is 0. The zero-order valence-corrected chi connectivity index (χ0v) is 11.6. The summed E-state index contributed by atoms with van der Waals surface area (Å²) >= 11 is 0. The molecule has 0 aliphatic carbocycles. The highest BCUT2D eigenvalue weighted by molar-refractivity contribution is 7.91. The lowest BCUT2D eigenvalue weighted by Crippen LogP contribution is -2.16. The second-order valence-corrected chi connectivity index (χ2v) is 6.32. The van der Waals surface area contributed by atoms with Gasteiger partial charge in [0.1, 0.15) is 10.6 Å². The molecule has 0 unspecified atom stereocenters. The van der Waals surface area contributed by atoms with E-state index in [0.717, 1.165) is 0 Å². The van der Waals surface area contributed by atoms with Gasteiger partial charge in [0, 0.05) is 11.6 Å². The first kappa shape index (κ1) is 13.3. The van der Waals surface area contributed by atoms with Crippen LogP contribution in [0.1, 0.15) is 10.5 Å². The van der Waals surface area contributed by atoms with E-state index in [1.807, 2.05) is 0 Å². The molecule has 3 rings (SSSR count). The molecule has 3 N–H and O–H groups in total. The zero-order valence-electron chi connectivity index (χ0n) is 10.8. The monoisotopic (exact) mass is 301 g/mol. The number of sulfone groups is 1. The molecule has 1 aromatic carbocycles. The summed E-state index contributed by atoms with van der Waals surface area (Å²) in [5.41, 5.74) is 5.61. The Balaban J connectivity index is 2.39. The number of pyridine rings is 1. The van der Waals surface area contributed by atoms with Crippen molar-refractivity contribution in [2.75, 3.05) is 0 Å². The number of aromatic amines is 1. The second kappa shape index (κ2) is 4.71. The molecular weight excluding hydrogens is 290 g/mol.